The van der Waals surface area contributed by atoms with Crippen LogP contribution in [0.2, 0.25) is 5.02 Å². The number of ether oxygens (including phenoxy) is 1. The molecule has 168 valence electrons. The number of rotatable bonds is 7. The Morgan fingerprint density at radius 3 is 2.59 bits per heavy atom. The summed E-state index contributed by atoms with van der Waals surface area (Å²) in [5, 5.41) is 10.1. The fourth-order valence-corrected chi connectivity index (χ4v) is 4.46. The van der Waals surface area contributed by atoms with Crippen LogP contribution in [-0.2, 0) is 9.59 Å². The largest absolute Gasteiger partial charge is 0.494 e. The number of carbonyl (C=O) groups is 2. The first-order valence-electron chi connectivity index (χ1n) is 11.0. The van der Waals surface area contributed by atoms with Gasteiger partial charge in [-0.25, -0.2) is 4.90 Å². The molecule has 32 heavy (non-hydrogen) atoms. The number of likely N-dealkylation sites (tertiary alicyclic amines) is 1. The number of halogens is 1. The molecule has 2 aromatic carbocycles. The second kappa shape index (κ2) is 9.76. The van der Waals surface area contributed by atoms with Gasteiger partial charge in [0, 0.05) is 24.7 Å². The first-order valence-corrected chi connectivity index (χ1v) is 11.4. The van der Waals surface area contributed by atoms with Crippen molar-refractivity contribution < 1.29 is 19.4 Å². The summed E-state index contributed by atoms with van der Waals surface area (Å²) >= 11 is 6.14. The minimum Gasteiger partial charge on any atom is -0.494 e. The molecule has 2 aromatic rings. The van der Waals surface area contributed by atoms with Crippen molar-refractivity contribution in [1.29, 1.82) is 0 Å². The smallest absolute Gasteiger partial charge is 0.282 e. The normalized spacial score (nSPS) is 19.2. The molecule has 2 amide bonds. The fourth-order valence-electron chi connectivity index (χ4n) is 4.28. The van der Waals surface area contributed by atoms with E-state index < -0.39 is 0 Å². The molecule has 6 nitrogen and oxygen atoms in total. The minimum atomic E-state index is -0.374. The van der Waals surface area contributed by atoms with E-state index in [4.69, 9.17) is 16.3 Å². The van der Waals surface area contributed by atoms with Crippen LogP contribution in [0, 0.1) is 5.92 Å². The van der Waals surface area contributed by atoms with Crippen LogP contribution in [0.3, 0.4) is 0 Å². The standard InChI is InChI=1S/C25H27ClN2O4/c1-2-13-32-21-10-8-18(9-11-21)22-23(27-12-4-5-17(15-27)16-29)25(31)28(24(22)30)20-7-3-6-19(26)14-20/h3,6-11,14,17,29H,2,4-5,12-13,15-16H2,1H3. The highest BCUT2D eigenvalue weighted by Crippen LogP contribution is 2.37. The Morgan fingerprint density at radius 1 is 1.12 bits per heavy atom. The van der Waals surface area contributed by atoms with Gasteiger partial charge in [0.25, 0.3) is 11.8 Å². The molecule has 2 aliphatic rings. The summed E-state index contributed by atoms with van der Waals surface area (Å²) in [6, 6.07) is 14.0. The molecule has 0 aromatic heterocycles. The highest BCUT2D eigenvalue weighted by Gasteiger charge is 2.43. The van der Waals surface area contributed by atoms with E-state index in [2.05, 4.69) is 0 Å². The van der Waals surface area contributed by atoms with Gasteiger partial charge in [-0.3, -0.25) is 9.59 Å². The number of piperidine rings is 1. The second-order valence-corrected chi connectivity index (χ2v) is 8.60. The van der Waals surface area contributed by atoms with E-state index in [0.717, 1.165) is 25.0 Å². The summed E-state index contributed by atoms with van der Waals surface area (Å²) in [6.07, 6.45) is 2.66. The van der Waals surface area contributed by atoms with Crippen LogP contribution in [-0.4, -0.2) is 48.1 Å². The van der Waals surface area contributed by atoms with E-state index in [1.54, 1.807) is 24.3 Å². The van der Waals surface area contributed by atoms with Crippen LogP contribution >= 0.6 is 11.6 Å². The molecule has 0 bridgehead atoms. The molecule has 2 aliphatic heterocycles. The quantitative estimate of drug-likeness (QED) is 0.637. The zero-order valence-electron chi connectivity index (χ0n) is 18.1. The monoisotopic (exact) mass is 454 g/mol. The average Bonchev–Trinajstić information content (AvgIpc) is 3.08. The minimum absolute atomic E-state index is 0.0583. The van der Waals surface area contributed by atoms with Crippen molar-refractivity contribution >= 4 is 34.7 Å². The molecule has 0 spiro atoms. The number of hydrogen-bond acceptors (Lipinski definition) is 5. The SMILES string of the molecule is CCCOc1ccc(C2=C(N3CCCC(CO)C3)C(=O)N(c3cccc(Cl)c3)C2=O)cc1. The van der Waals surface area contributed by atoms with Crippen LogP contribution in [0.1, 0.15) is 31.7 Å². The third-order valence-corrected chi connectivity index (χ3v) is 6.07. The van der Waals surface area contributed by atoms with Gasteiger partial charge < -0.3 is 14.7 Å². The van der Waals surface area contributed by atoms with E-state index in [-0.39, 0.29) is 24.3 Å². The Morgan fingerprint density at radius 2 is 1.91 bits per heavy atom. The summed E-state index contributed by atoms with van der Waals surface area (Å²) in [5.41, 5.74) is 1.86. The maximum Gasteiger partial charge on any atom is 0.282 e. The molecule has 1 saturated heterocycles. The summed E-state index contributed by atoms with van der Waals surface area (Å²) in [4.78, 5) is 30.3. The first-order chi connectivity index (χ1) is 15.5. The molecule has 0 saturated carbocycles. The lowest BCUT2D eigenvalue weighted by Gasteiger charge is -2.34. The summed E-state index contributed by atoms with van der Waals surface area (Å²) in [6.45, 7) is 3.91. The molecular weight excluding hydrogens is 428 g/mol. The summed E-state index contributed by atoms with van der Waals surface area (Å²) < 4.78 is 5.66. The highest BCUT2D eigenvalue weighted by molar-refractivity contribution is 6.45. The van der Waals surface area contributed by atoms with E-state index in [9.17, 15) is 14.7 Å². The average molecular weight is 455 g/mol. The number of aliphatic hydroxyl groups excluding tert-OH is 1. The topological polar surface area (TPSA) is 70.1 Å². The van der Waals surface area contributed by atoms with Gasteiger partial charge in [0.15, 0.2) is 0 Å². The van der Waals surface area contributed by atoms with Gasteiger partial charge in [0.2, 0.25) is 0 Å². The van der Waals surface area contributed by atoms with Crippen molar-refractivity contribution in [3.05, 3.63) is 64.8 Å². The molecular formula is C25H27ClN2O4. The Hall–Kier alpha value is -2.83. The van der Waals surface area contributed by atoms with Crippen molar-refractivity contribution in [2.45, 2.75) is 26.2 Å². The van der Waals surface area contributed by atoms with E-state index in [0.29, 0.717) is 47.2 Å². The number of hydrogen-bond donors (Lipinski definition) is 1. The van der Waals surface area contributed by atoms with E-state index >= 15 is 0 Å². The molecule has 1 unspecified atom stereocenters. The summed E-state index contributed by atoms with van der Waals surface area (Å²) in [5.74, 6) is 0.0581. The van der Waals surface area contributed by atoms with Gasteiger partial charge in [0.05, 0.1) is 17.9 Å². The Bertz CT molecular complexity index is 1030. The number of aliphatic hydroxyl groups is 1. The van der Waals surface area contributed by atoms with Crippen LogP contribution in [0.5, 0.6) is 5.75 Å². The van der Waals surface area contributed by atoms with Crippen molar-refractivity contribution in [1.82, 2.24) is 4.90 Å². The number of nitrogens with zero attached hydrogens (tertiary/aromatic N) is 2. The van der Waals surface area contributed by atoms with E-state index in [1.807, 2.05) is 36.1 Å². The second-order valence-electron chi connectivity index (χ2n) is 8.16. The Labute approximate surface area is 193 Å². The molecule has 0 radical (unpaired) electrons. The van der Waals surface area contributed by atoms with Crippen LogP contribution in [0.25, 0.3) is 5.57 Å². The maximum absolute atomic E-state index is 13.6. The van der Waals surface area contributed by atoms with Crippen LogP contribution < -0.4 is 9.64 Å². The zero-order valence-corrected chi connectivity index (χ0v) is 18.8. The predicted molar refractivity (Wildman–Crippen MR) is 124 cm³/mol. The molecule has 0 aliphatic carbocycles. The van der Waals surface area contributed by atoms with Gasteiger partial charge in [-0.2, -0.15) is 0 Å². The van der Waals surface area contributed by atoms with Gasteiger partial charge in [-0.1, -0.05) is 36.7 Å². The highest BCUT2D eigenvalue weighted by atomic mass is 35.5. The molecule has 7 heteroatoms. The molecule has 1 atom stereocenters. The van der Waals surface area contributed by atoms with Crippen LogP contribution in [0.15, 0.2) is 54.2 Å². The van der Waals surface area contributed by atoms with Gasteiger partial charge in [0.1, 0.15) is 11.4 Å². The zero-order chi connectivity index (χ0) is 22.7. The van der Waals surface area contributed by atoms with E-state index in [1.165, 1.54) is 4.90 Å². The molecule has 2 heterocycles. The summed E-state index contributed by atoms with van der Waals surface area (Å²) in [7, 11) is 0. The van der Waals surface area contributed by atoms with Gasteiger partial charge >= 0.3 is 0 Å². The third-order valence-electron chi connectivity index (χ3n) is 5.84. The van der Waals surface area contributed by atoms with Crippen molar-refractivity contribution in [2.24, 2.45) is 5.92 Å². The van der Waals surface area contributed by atoms with Gasteiger partial charge in [-0.15, -0.1) is 0 Å². The lowest BCUT2D eigenvalue weighted by molar-refractivity contribution is -0.120. The van der Waals surface area contributed by atoms with Crippen molar-refractivity contribution in [2.75, 3.05) is 31.2 Å². The predicted octanol–water partition coefficient (Wildman–Crippen LogP) is 4.12. The third kappa shape index (κ3) is 4.38. The van der Waals surface area contributed by atoms with Crippen molar-refractivity contribution in [3.63, 3.8) is 0 Å². The van der Waals surface area contributed by atoms with Crippen LogP contribution in [0.4, 0.5) is 5.69 Å². The molecule has 1 fully saturated rings. The Kier molecular flexibility index (Phi) is 6.82. The number of carbonyl (C=O) groups excluding carboxylic acids is 2. The number of imide groups is 1. The Balaban J connectivity index is 1.76. The lowest BCUT2D eigenvalue weighted by Crippen LogP contribution is -2.40. The number of benzene rings is 2. The number of amides is 2. The molecule has 1 N–H and O–H groups in total. The van der Waals surface area contributed by atoms with Crippen molar-refractivity contribution in [3.8, 4) is 5.75 Å². The fraction of sp³-hybridized carbons (Fsp3) is 0.360. The maximum atomic E-state index is 13.6. The molecule has 4 rings (SSSR count). The lowest BCUT2D eigenvalue weighted by atomic mass is 9.97. The first kappa shape index (κ1) is 22.4. The number of anilines is 1. The van der Waals surface area contributed by atoms with Gasteiger partial charge in [-0.05, 0) is 61.1 Å².